The van der Waals surface area contributed by atoms with Gasteiger partial charge in [-0.15, -0.1) is 6.42 Å². The van der Waals surface area contributed by atoms with Gasteiger partial charge < -0.3 is 0 Å². The molecule has 0 atom stereocenters. The lowest BCUT2D eigenvalue weighted by atomic mass is 10.8. The van der Waals surface area contributed by atoms with Crippen molar-refractivity contribution < 1.29 is 8.42 Å². The van der Waals surface area contributed by atoms with Crippen molar-refractivity contribution >= 4 is 9.84 Å². The fourth-order valence-electron chi connectivity index (χ4n) is 0.276. The second-order valence-electron chi connectivity index (χ2n) is 1.39. The first kappa shape index (κ1) is 8.00. The number of rotatable bonds is 2. The van der Waals surface area contributed by atoms with Crippen molar-refractivity contribution in [2.45, 2.75) is 0 Å². The highest BCUT2D eigenvalue weighted by atomic mass is 32.2. The highest BCUT2D eigenvalue weighted by Gasteiger charge is 2.05. The zero-order valence-electron chi connectivity index (χ0n) is 4.66. The maximum atomic E-state index is 10.5. The molecule has 0 aromatic rings. The molecule has 0 aliphatic carbocycles. The van der Waals surface area contributed by atoms with Crippen LogP contribution >= 0.6 is 0 Å². The fourth-order valence-corrected chi connectivity index (χ4v) is 0.829. The van der Waals surface area contributed by atoms with E-state index in [0.717, 1.165) is 0 Å². The Kier molecular flexibility index (Phi) is 2.77. The highest BCUT2D eigenvalue weighted by molar-refractivity contribution is 7.91. The molecular weight excluding hydrogens is 138 g/mol. The number of hydrogen-bond donors (Lipinski definition) is 0. The van der Waals surface area contributed by atoms with Gasteiger partial charge in [-0.2, -0.15) is 5.26 Å². The summed E-state index contributed by atoms with van der Waals surface area (Å²) in [7, 11) is -3.28. The van der Waals surface area contributed by atoms with Crippen LogP contribution in [0.25, 0.3) is 0 Å². The molecule has 48 valence electrons. The molecule has 0 amide bonds. The smallest absolute Gasteiger partial charge is 0.174 e. The quantitative estimate of drug-likeness (QED) is 0.492. The number of nitriles is 1. The summed E-state index contributed by atoms with van der Waals surface area (Å²) in [6.07, 6.45) is 4.71. The molecule has 0 aromatic heterocycles. The minimum Gasteiger partial charge on any atom is -0.227 e. The molecule has 9 heavy (non-hydrogen) atoms. The number of terminal acetylenes is 1. The van der Waals surface area contributed by atoms with Crippen molar-refractivity contribution in [2.75, 3.05) is 11.5 Å². The summed E-state index contributed by atoms with van der Waals surface area (Å²) in [5, 5.41) is 7.93. The lowest BCUT2D eigenvalue weighted by molar-refractivity contribution is 0.602. The van der Waals surface area contributed by atoms with Crippen LogP contribution in [0, 0.1) is 23.7 Å². The van der Waals surface area contributed by atoms with E-state index in [4.69, 9.17) is 11.7 Å². The third-order valence-electron chi connectivity index (χ3n) is 0.588. The molecule has 0 saturated carbocycles. The standard InChI is InChI=1S/C5H5NO2S/c1-2-4-9(7,8)5-3-6/h1H,4-5H2. The fraction of sp³-hybridized carbons (Fsp3) is 0.400. The van der Waals surface area contributed by atoms with Crippen LogP contribution in [0.15, 0.2) is 0 Å². The molecule has 0 fully saturated rings. The van der Waals surface area contributed by atoms with Crippen molar-refractivity contribution in [2.24, 2.45) is 0 Å². The van der Waals surface area contributed by atoms with Crippen LogP contribution in [0.2, 0.25) is 0 Å². The Morgan fingerprint density at radius 3 is 2.33 bits per heavy atom. The van der Waals surface area contributed by atoms with E-state index in [1.54, 1.807) is 0 Å². The van der Waals surface area contributed by atoms with Crippen LogP contribution in [0.5, 0.6) is 0 Å². The maximum absolute atomic E-state index is 10.5. The minimum atomic E-state index is -3.28. The van der Waals surface area contributed by atoms with E-state index < -0.39 is 15.6 Å². The molecule has 0 heterocycles. The van der Waals surface area contributed by atoms with E-state index in [0.29, 0.717) is 0 Å². The van der Waals surface area contributed by atoms with Gasteiger partial charge in [-0.05, 0) is 0 Å². The Labute approximate surface area is 54.2 Å². The Morgan fingerprint density at radius 2 is 2.00 bits per heavy atom. The molecule has 0 bridgehead atoms. The van der Waals surface area contributed by atoms with Crippen LogP contribution in [-0.4, -0.2) is 19.9 Å². The molecule has 0 unspecified atom stereocenters. The van der Waals surface area contributed by atoms with Crippen LogP contribution in [0.4, 0.5) is 0 Å². The van der Waals surface area contributed by atoms with Gasteiger partial charge in [0.25, 0.3) is 0 Å². The summed E-state index contributed by atoms with van der Waals surface area (Å²) in [4.78, 5) is 0. The predicted molar refractivity (Wildman–Crippen MR) is 33.1 cm³/mol. The molecule has 4 heteroatoms. The van der Waals surface area contributed by atoms with Gasteiger partial charge in [0.1, 0.15) is 11.5 Å². The summed E-state index contributed by atoms with van der Waals surface area (Å²) in [6.45, 7) is 0. The zero-order valence-corrected chi connectivity index (χ0v) is 5.48. The zero-order chi connectivity index (χ0) is 7.33. The third-order valence-corrected chi connectivity index (χ3v) is 1.76. The van der Waals surface area contributed by atoms with E-state index in [1.165, 1.54) is 6.07 Å². The first-order chi connectivity index (χ1) is 4.12. The molecule has 0 aromatic carbocycles. The maximum Gasteiger partial charge on any atom is 0.174 e. The summed E-state index contributed by atoms with van der Waals surface area (Å²) in [5.41, 5.74) is 0. The highest BCUT2D eigenvalue weighted by Crippen LogP contribution is 1.85. The summed E-state index contributed by atoms with van der Waals surface area (Å²) >= 11 is 0. The van der Waals surface area contributed by atoms with E-state index >= 15 is 0 Å². The summed E-state index contributed by atoms with van der Waals surface area (Å²) in [5.74, 6) is 1.12. The average Bonchev–Trinajstić information content (AvgIpc) is 1.64. The van der Waals surface area contributed by atoms with E-state index in [1.807, 2.05) is 5.92 Å². The second kappa shape index (κ2) is 3.11. The normalized spacial score (nSPS) is 9.56. The van der Waals surface area contributed by atoms with Gasteiger partial charge in [-0.3, -0.25) is 0 Å². The largest absolute Gasteiger partial charge is 0.227 e. The van der Waals surface area contributed by atoms with Gasteiger partial charge in [-0.25, -0.2) is 8.42 Å². The Morgan fingerprint density at radius 1 is 1.44 bits per heavy atom. The van der Waals surface area contributed by atoms with Crippen molar-refractivity contribution in [3.8, 4) is 18.4 Å². The monoisotopic (exact) mass is 143 g/mol. The van der Waals surface area contributed by atoms with Crippen LogP contribution in [0.3, 0.4) is 0 Å². The Balaban J connectivity index is 4.14. The van der Waals surface area contributed by atoms with Gasteiger partial charge in [-0.1, -0.05) is 5.92 Å². The van der Waals surface area contributed by atoms with Crippen molar-refractivity contribution in [1.29, 1.82) is 5.26 Å². The summed E-state index contributed by atoms with van der Waals surface area (Å²) < 4.78 is 20.9. The molecular formula is C5H5NO2S. The predicted octanol–water partition coefficient (Wildman–Crippen LogP) is -0.442. The van der Waals surface area contributed by atoms with E-state index in [9.17, 15) is 8.42 Å². The molecule has 0 saturated heterocycles. The molecule has 0 N–H and O–H groups in total. The van der Waals surface area contributed by atoms with E-state index in [-0.39, 0.29) is 5.75 Å². The van der Waals surface area contributed by atoms with Crippen LogP contribution in [0.1, 0.15) is 0 Å². The van der Waals surface area contributed by atoms with Gasteiger partial charge in [0.2, 0.25) is 0 Å². The van der Waals surface area contributed by atoms with Gasteiger partial charge >= 0.3 is 0 Å². The molecule has 0 radical (unpaired) electrons. The number of nitrogens with zero attached hydrogens (tertiary/aromatic N) is 1. The second-order valence-corrected chi connectivity index (χ2v) is 3.46. The van der Waals surface area contributed by atoms with Gasteiger partial charge in [0, 0.05) is 0 Å². The summed E-state index contributed by atoms with van der Waals surface area (Å²) in [6, 6.07) is 1.51. The Hall–Kier alpha value is -1.00. The van der Waals surface area contributed by atoms with Crippen molar-refractivity contribution in [3.63, 3.8) is 0 Å². The van der Waals surface area contributed by atoms with E-state index in [2.05, 4.69) is 0 Å². The SMILES string of the molecule is C#CCS(=O)(=O)CC#N. The topological polar surface area (TPSA) is 57.9 Å². The third kappa shape index (κ3) is 3.57. The van der Waals surface area contributed by atoms with Crippen LogP contribution in [-0.2, 0) is 9.84 Å². The number of sulfone groups is 1. The average molecular weight is 143 g/mol. The Bertz CT molecular complexity index is 230. The first-order valence-corrected chi connectivity index (χ1v) is 3.95. The molecule has 0 aliphatic rings. The van der Waals surface area contributed by atoms with Crippen molar-refractivity contribution in [3.05, 3.63) is 0 Å². The molecule has 3 nitrogen and oxygen atoms in total. The van der Waals surface area contributed by atoms with Crippen molar-refractivity contribution in [1.82, 2.24) is 0 Å². The molecule has 0 spiro atoms. The van der Waals surface area contributed by atoms with Crippen LogP contribution < -0.4 is 0 Å². The molecule has 0 rings (SSSR count). The first-order valence-electron chi connectivity index (χ1n) is 2.13. The lowest BCUT2D eigenvalue weighted by Gasteiger charge is -1.87. The molecule has 0 aliphatic heterocycles. The van der Waals surface area contributed by atoms with Gasteiger partial charge in [0.05, 0.1) is 6.07 Å². The number of hydrogen-bond acceptors (Lipinski definition) is 3. The minimum absolute atomic E-state index is 0.347. The van der Waals surface area contributed by atoms with Gasteiger partial charge in [0.15, 0.2) is 9.84 Å². The lowest BCUT2D eigenvalue weighted by Crippen LogP contribution is -2.07.